The van der Waals surface area contributed by atoms with E-state index in [9.17, 15) is 18.7 Å². The largest absolute Gasteiger partial charge is 0.393 e. The maximum atomic E-state index is 13.9. The molecule has 1 aromatic heterocycles. The Morgan fingerprint density at radius 3 is 2.83 bits per heavy atom. The van der Waals surface area contributed by atoms with Crippen LogP contribution in [0.4, 0.5) is 14.6 Å². The number of benzene rings is 1. The molecule has 4 atom stereocenters. The Labute approximate surface area is 204 Å². The molecule has 1 aromatic carbocycles. The number of nitrogens with zero attached hydrogens (tertiary/aromatic N) is 4. The summed E-state index contributed by atoms with van der Waals surface area (Å²) in [4.78, 5) is 22.3. The van der Waals surface area contributed by atoms with Crippen molar-refractivity contribution >= 4 is 18.1 Å². The highest BCUT2D eigenvalue weighted by Crippen LogP contribution is 2.33. The molecule has 2 N–H and O–H groups in total. The van der Waals surface area contributed by atoms with Crippen molar-refractivity contribution in [1.82, 2.24) is 19.7 Å². The number of carbonyl (C=O) groups is 1. The fraction of sp³-hybridized carbons (Fsp3) is 0.538. The molecule has 188 valence electrons. The van der Waals surface area contributed by atoms with Gasteiger partial charge in [-0.05, 0) is 37.4 Å². The van der Waals surface area contributed by atoms with Crippen LogP contribution < -0.4 is 5.32 Å². The van der Waals surface area contributed by atoms with Gasteiger partial charge >= 0.3 is 0 Å². The Balaban J connectivity index is 1.30. The van der Waals surface area contributed by atoms with Gasteiger partial charge in [0.05, 0.1) is 25.0 Å². The number of aliphatic hydroxyl groups excluding tert-OH is 1. The average molecular weight is 486 g/mol. The van der Waals surface area contributed by atoms with Crippen LogP contribution in [0.2, 0.25) is 0 Å². The Hall–Kier alpha value is -2.78. The van der Waals surface area contributed by atoms with E-state index in [0.717, 1.165) is 25.1 Å². The van der Waals surface area contributed by atoms with Crippen LogP contribution in [0.3, 0.4) is 0 Å². The molecule has 0 radical (unpaired) electrons. The summed E-state index contributed by atoms with van der Waals surface area (Å²) in [5, 5.41) is 13.9. The fourth-order valence-corrected chi connectivity index (χ4v) is 5.77. The molecule has 2 fully saturated rings. The van der Waals surface area contributed by atoms with E-state index in [4.69, 9.17) is 0 Å². The monoisotopic (exact) mass is 485 g/mol. The summed E-state index contributed by atoms with van der Waals surface area (Å²) < 4.78 is 27.2. The smallest absolute Gasteiger partial charge is 0.256 e. The van der Waals surface area contributed by atoms with Gasteiger partial charge in [-0.15, -0.1) is 0 Å². The van der Waals surface area contributed by atoms with Gasteiger partial charge in [0.2, 0.25) is 5.91 Å². The molecule has 35 heavy (non-hydrogen) atoms. The number of carbonyl (C=O) groups excluding carboxylic acids is 1. The van der Waals surface area contributed by atoms with Gasteiger partial charge < -0.3 is 24.8 Å². The van der Waals surface area contributed by atoms with Crippen LogP contribution in [0.1, 0.15) is 36.3 Å². The molecule has 3 aliphatic rings. The number of rotatable bonds is 6. The second-order valence-electron chi connectivity index (χ2n) is 9.86. The molecule has 0 spiro atoms. The van der Waals surface area contributed by atoms with Crippen LogP contribution in [0.5, 0.6) is 0 Å². The molecule has 0 bridgehead atoms. The van der Waals surface area contributed by atoms with Gasteiger partial charge in [-0.2, -0.15) is 0 Å². The quantitative estimate of drug-likeness (QED) is 0.660. The number of aliphatic imine (C=N–C) groups is 1. The first-order valence-corrected chi connectivity index (χ1v) is 12.5. The normalized spacial score (nSPS) is 26.7. The summed E-state index contributed by atoms with van der Waals surface area (Å²) in [5.74, 6) is 0.758. The number of alkyl halides is 2. The number of fused-ring (bicyclic) bond motifs is 1. The lowest BCUT2D eigenvalue weighted by molar-refractivity contribution is -0.142. The summed E-state index contributed by atoms with van der Waals surface area (Å²) in [7, 11) is 0. The number of piperidine rings is 2. The molecule has 0 aliphatic carbocycles. The number of likely N-dealkylation sites (tertiary alicyclic amines) is 1. The molecule has 1 amide bonds. The molecule has 2 unspecified atom stereocenters. The summed E-state index contributed by atoms with van der Waals surface area (Å²) in [5.41, 5.74) is 2.07. The molecule has 5 rings (SSSR count). The Kier molecular flexibility index (Phi) is 7.15. The zero-order valence-corrected chi connectivity index (χ0v) is 19.8. The molecule has 7 nitrogen and oxygen atoms in total. The topological polar surface area (TPSA) is 73.1 Å². The number of halogens is 2. The van der Waals surface area contributed by atoms with Crippen LogP contribution in [0.25, 0.3) is 0 Å². The highest BCUT2D eigenvalue weighted by atomic mass is 19.3. The van der Waals surface area contributed by atoms with Gasteiger partial charge in [0.15, 0.2) is 0 Å². The standard InChI is InChI=1S/C26H33F2N5O2/c27-24(28)16-32-10-7-19-14-31(17-30-25(19)32)15-20-12-21(34)8-11-33(20)26(35)22-6-9-29-13-23(22)18-4-2-1-3-5-18/h1-5,7,10,17,20-24,29,34H,6,8-9,11-16H2/t20?,21?,22-,23+/m1/s1. The third kappa shape index (κ3) is 5.26. The fourth-order valence-electron chi connectivity index (χ4n) is 5.77. The lowest BCUT2D eigenvalue weighted by Crippen LogP contribution is -2.55. The SMILES string of the molecule is O=C([C@@H]1CCNC[C@H]1c1ccccc1)N1CCC(O)CC1CN1C=Nc2c(ccn2CC(F)F)C1. The molecule has 4 heterocycles. The van der Waals surface area contributed by atoms with Crippen molar-refractivity contribution < 1.29 is 18.7 Å². The molecule has 2 aromatic rings. The highest BCUT2D eigenvalue weighted by Gasteiger charge is 2.39. The summed E-state index contributed by atoms with van der Waals surface area (Å²) >= 11 is 0. The first kappa shape index (κ1) is 23.9. The van der Waals surface area contributed by atoms with Crippen molar-refractivity contribution in [3.05, 3.63) is 53.7 Å². The van der Waals surface area contributed by atoms with Crippen LogP contribution in [-0.2, 0) is 17.9 Å². The summed E-state index contributed by atoms with van der Waals surface area (Å²) in [6, 6.07) is 11.9. The number of nitrogens with one attached hydrogen (secondary N) is 1. The van der Waals surface area contributed by atoms with Crippen LogP contribution >= 0.6 is 0 Å². The molecular weight excluding hydrogens is 452 g/mol. The molecule has 3 aliphatic heterocycles. The van der Waals surface area contributed by atoms with E-state index in [1.165, 1.54) is 10.1 Å². The van der Waals surface area contributed by atoms with Crippen LogP contribution in [0, 0.1) is 5.92 Å². The third-order valence-electron chi connectivity index (χ3n) is 7.51. The summed E-state index contributed by atoms with van der Waals surface area (Å²) in [6.07, 6.45) is 2.36. The zero-order valence-electron chi connectivity index (χ0n) is 19.8. The van der Waals surface area contributed by atoms with E-state index < -0.39 is 12.5 Å². The zero-order chi connectivity index (χ0) is 24.4. The number of hydrogen-bond acceptors (Lipinski definition) is 5. The van der Waals surface area contributed by atoms with Gasteiger partial charge in [0, 0.05) is 49.8 Å². The van der Waals surface area contributed by atoms with Gasteiger partial charge in [-0.25, -0.2) is 13.8 Å². The minimum absolute atomic E-state index is 0.0959. The lowest BCUT2D eigenvalue weighted by Gasteiger charge is -2.43. The first-order valence-electron chi connectivity index (χ1n) is 12.5. The Morgan fingerprint density at radius 1 is 1.20 bits per heavy atom. The second kappa shape index (κ2) is 10.5. The highest BCUT2D eigenvalue weighted by molar-refractivity contribution is 5.81. The predicted octanol–water partition coefficient (Wildman–Crippen LogP) is 2.97. The van der Waals surface area contributed by atoms with E-state index >= 15 is 0 Å². The lowest BCUT2D eigenvalue weighted by atomic mass is 9.80. The van der Waals surface area contributed by atoms with Gasteiger partial charge in [0.1, 0.15) is 5.82 Å². The molecule has 9 heteroatoms. The van der Waals surface area contributed by atoms with Gasteiger partial charge in [-0.3, -0.25) is 4.79 Å². The van der Waals surface area contributed by atoms with Crippen molar-refractivity contribution in [1.29, 1.82) is 0 Å². The van der Waals surface area contributed by atoms with E-state index in [2.05, 4.69) is 22.4 Å². The van der Waals surface area contributed by atoms with Crippen molar-refractivity contribution in [3.63, 3.8) is 0 Å². The van der Waals surface area contributed by atoms with E-state index in [1.807, 2.05) is 34.1 Å². The number of aliphatic hydroxyl groups is 1. The molecular formula is C26H33F2N5O2. The number of hydrogen-bond donors (Lipinski definition) is 2. The maximum absolute atomic E-state index is 13.9. The van der Waals surface area contributed by atoms with Crippen molar-refractivity contribution in [2.75, 3.05) is 26.2 Å². The first-order chi connectivity index (χ1) is 17.0. The van der Waals surface area contributed by atoms with Crippen molar-refractivity contribution in [3.8, 4) is 0 Å². The minimum Gasteiger partial charge on any atom is -0.393 e. The predicted molar refractivity (Wildman–Crippen MR) is 130 cm³/mol. The van der Waals surface area contributed by atoms with Gasteiger partial charge in [-0.1, -0.05) is 30.3 Å². The maximum Gasteiger partial charge on any atom is 0.256 e. The van der Waals surface area contributed by atoms with Crippen LogP contribution in [0.15, 0.2) is 47.6 Å². The molecule has 2 saturated heterocycles. The Bertz CT molecular complexity index is 1040. The number of amides is 1. The third-order valence-corrected chi connectivity index (χ3v) is 7.51. The van der Waals surface area contributed by atoms with E-state index in [1.54, 1.807) is 12.5 Å². The van der Waals surface area contributed by atoms with E-state index in [0.29, 0.717) is 38.3 Å². The summed E-state index contributed by atoms with van der Waals surface area (Å²) in [6.45, 7) is 2.85. The molecule has 0 saturated carbocycles. The Morgan fingerprint density at radius 2 is 2.03 bits per heavy atom. The van der Waals surface area contributed by atoms with Gasteiger partial charge in [0.25, 0.3) is 6.43 Å². The van der Waals surface area contributed by atoms with Crippen molar-refractivity contribution in [2.45, 2.75) is 56.8 Å². The number of aromatic nitrogens is 1. The second-order valence-corrected chi connectivity index (χ2v) is 9.86. The van der Waals surface area contributed by atoms with Crippen molar-refractivity contribution in [2.24, 2.45) is 10.9 Å². The van der Waals surface area contributed by atoms with Crippen LogP contribution in [-0.4, -0.2) is 76.5 Å². The minimum atomic E-state index is -2.43. The van der Waals surface area contributed by atoms with E-state index in [-0.39, 0.29) is 30.3 Å². The average Bonchev–Trinajstić information content (AvgIpc) is 3.25.